The first-order chi connectivity index (χ1) is 36.2. The molecular formula is C72H61N. The highest BCUT2D eigenvalue weighted by Gasteiger charge is 2.19. The summed E-state index contributed by atoms with van der Waals surface area (Å²) in [7, 11) is 0. The van der Waals surface area contributed by atoms with E-state index in [1.165, 1.54) is 149 Å². The Hall–Kier alpha value is -8.52. The molecule has 0 radical (unpaired) electrons. The second-order valence-electron chi connectivity index (χ2n) is 19.2. The fourth-order valence-corrected chi connectivity index (χ4v) is 10.9. The summed E-state index contributed by atoms with van der Waals surface area (Å²) in [5, 5.41) is 2.59. The Balaban J connectivity index is 0.999. The zero-order chi connectivity index (χ0) is 49.2. The SMILES string of the molecule is CCCCCCCCn1c2ccc(-c3ccc(C(=C(c4ccccc4)c4ccccc4)c4ccccc4)cc3)cc2c2cc(-c3ccc(C(=C(c4ccccc4)c4ccccc4)c4ccccc4)cc3)ccc21. The summed E-state index contributed by atoms with van der Waals surface area (Å²) in [6, 6.07) is 97.8. The maximum Gasteiger partial charge on any atom is 0.0491 e. The van der Waals surface area contributed by atoms with Crippen LogP contribution in [0.3, 0.4) is 0 Å². The maximum atomic E-state index is 2.58. The van der Waals surface area contributed by atoms with Crippen LogP contribution in [0.1, 0.15) is 90.0 Å². The fourth-order valence-electron chi connectivity index (χ4n) is 10.9. The van der Waals surface area contributed by atoms with Gasteiger partial charge in [-0.1, -0.05) is 282 Å². The highest BCUT2D eigenvalue weighted by Crippen LogP contribution is 2.41. The van der Waals surface area contributed by atoms with Crippen LogP contribution in [0.2, 0.25) is 0 Å². The first-order valence-electron chi connectivity index (χ1n) is 26.3. The van der Waals surface area contributed by atoms with Gasteiger partial charge in [0.2, 0.25) is 0 Å². The number of nitrogens with zero attached hydrogens (tertiary/aromatic N) is 1. The number of rotatable bonds is 17. The Kier molecular flexibility index (Phi) is 14.3. The van der Waals surface area contributed by atoms with Gasteiger partial charge in [-0.05, 0) is 120 Å². The number of hydrogen-bond donors (Lipinski definition) is 0. The molecule has 0 aliphatic heterocycles. The Morgan fingerprint density at radius 3 is 0.822 bits per heavy atom. The van der Waals surface area contributed by atoms with Crippen molar-refractivity contribution in [1.82, 2.24) is 4.57 Å². The van der Waals surface area contributed by atoms with Crippen LogP contribution >= 0.6 is 0 Å². The van der Waals surface area contributed by atoms with E-state index in [9.17, 15) is 0 Å². The first-order valence-corrected chi connectivity index (χ1v) is 26.3. The van der Waals surface area contributed by atoms with Crippen LogP contribution in [0.25, 0.3) is 66.4 Å². The number of unbranched alkanes of at least 4 members (excludes halogenated alkanes) is 5. The quantitative estimate of drug-likeness (QED) is 0.0633. The normalized spacial score (nSPS) is 11.2. The molecule has 1 nitrogen and oxygen atoms in total. The van der Waals surface area contributed by atoms with Crippen LogP contribution in [0.5, 0.6) is 0 Å². The Bertz CT molecular complexity index is 3300. The van der Waals surface area contributed by atoms with Gasteiger partial charge in [-0.3, -0.25) is 0 Å². The van der Waals surface area contributed by atoms with Crippen molar-refractivity contribution >= 4 is 44.1 Å². The van der Waals surface area contributed by atoms with Crippen LogP contribution in [0.15, 0.2) is 267 Å². The molecule has 0 fully saturated rings. The zero-order valence-electron chi connectivity index (χ0n) is 41.8. The predicted octanol–water partition coefficient (Wildman–Crippen LogP) is 19.5. The molecule has 10 aromatic carbocycles. The number of benzene rings is 10. The van der Waals surface area contributed by atoms with E-state index in [0.717, 1.165) is 6.54 Å². The van der Waals surface area contributed by atoms with Gasteiger partial charge in [0.05, 0.1) is 0 Å². The summed E-state index contributed by atoms with van der Waals surface area (Å²) in [6.07, 6.45) is 7.62. The summed E-state index contributed by atoms with van der Waals surface area (Å²) in [5.74, 6) is 0. The Morgan fingerprint density at radius 2 is 0.521 bits per heavy atom. The van der Waals surface area contributed by atoms with Gasteiger partial charge in [-0.25, -0.2) is 0 Å². The molecule has 1 aromatic heterocycles. The molecule has 0 saturated heterocycles. The first kappa shape index (κ1) is 46.8. The van der Waals surface area contributed by atoms with E-state index in [4.69, 9.17) is 0 Å². The topological polar surface area (TPSA) is 4.93 Å². The molecule has 0 spiro atoms. The zero-order valence-corrected chi connectivity index (χ0v) is 41.8. The molecule has 11 rings (SSSR count). The van der Waals surface area contributed by atoms with Crippen molar-refractivity contribution in [2.24, 2.45) is 0 Å². The van der Waals surface area contributed by atoms with Crippen LogP contribution in [-0.2, 0) is 6.54 Å². The summed E-state index contributed by atoms with van der Waals surface area (Å²) in [6.45, 7) is 3.30. The minimum Gasteiger partial charge on any atom is -0.340 e. The largest absolute Gasteiger partial charge is 0.340 e. The number of fused-ring (bicyclic) bond motifs is 3. The maximum absolute atomic E-state index is 2.58. The number of hydrogen-bond acceptors (Lipinski definition) is 0. The van der Waals surface area contributed by atoms with Crippen molar-refractivity contribution in [2.45, 2.75) is 52.0 Å². The van der Waals surface area contributed by atoms with E-state index < -0.39 is 0 Å². The summed E-state index contributed by atoms with van der Waals surface area (Å²) < 4.78 is 2.58. The van der Waals surface area contributed by atoms with Crippen LogP contribution < -0.4 is 0 Å². The van der Waals surface area contributed by atoms with Gasteiger partial charge in [-0.2, -0.15) is 0 Å². The van der Waals surface area contributed by atoms with Gasteiger partial charge in [-0.15, -0.1) is 0 Å². The fraction of sp³-hybridized carbons (Fsp3) is 0.111. The molecule has 1 heteroatoms. The lowest BCUT2D eigenvalue weighted by Gasteiger charge is -2.18. The van der Waals surface area contributed by atoms with E-state index in [-0.39, 0.29) is 0 Å². The van der Waals surface area contributed by atoms with E-state index in [1.807, 2.05) is 0 Å². The van der Waals surface area contributed by atoms with E-state index >= 15 is 0 Å². The smallest absolute Gasteiger partial charge is 0.0491 e. The summed E-state index contributed by atoms with van der Waals surface area (Å²) in [5.41, 5.74) is 21.9. The molecule has 0 amide bonds. The van der Waals surface area contributed by atoms with Crippen molar-refractivity contribution in [1.29, 1.82) is 0 Å². The van der Waals surface area contributed by atoms with Crippen LogP contribution in [0.4, 0.5) is 0 Å². The highest BCUT2D eigenvalue weighted by molar-refractivity contribution is 6.11. The summed E-state index contributed by atoms with van der Waals surface area (Å²) >= 11 is 0. The molecule has 0 bridgehead atoms. The molecule has 73 heavy (non-hydrogen) atoms. The average Bonchev–Trinajstić information content (AvgIpc) is 3.78. The minimum absolute atomic E-state index is 1.01. The van der Waals surface area contributed by atoms with Crippen LogP contribution in [0, 0.1) is 0 Å². The van der Waals surface area contributed by atoms with Gasteiger partial charge in [0, 0.05) is 28.4 Å². The summed E-state index contributed by atoms with van der Waals surface area (Å²) in [4.78, 5) is 0. The van der Waals surface area contributed by atoms with E-state index in [0.29, 0.717) is 0 Å². The van der Waals surface area contributed by atoms with Crippen LogP contribution in [-0.4, -0.2) is 4.57 Å². The van der Waals surface area contributed by atoms with Gasteiger partial charge >= 0.3 is 0 Å². The molecule has 354 valence electrons. The van der Waals surface area contributed by atoms with Crippen molar-refractivity contribution in [3.63, 3.8) is 0 Å². The molecule has 0 saturated carbocycles. The lowest BCUT2D eigenvalue weighted by atomic mass is 9.85. The number of aromatic nitrogens is 1. The van der Waals surface area contributed by atoms with Gasteiger partial charge in [0.1, 0.15) is 0 Å². The second-order valence-corrected chi connectivity index (χ2v) is 19.2. The van der Waals surface area contributed by atoms with Crippen molar-refractivity contribution in [3.05, 3.63) is 311 Å². The third kappa shape index (κ3) is 10.2. The van der Waals surface area contributed by atoms with Gasteiger partial charge < -0.3 is 4.57 Å². The minimum atomic E-state index is 1.01. The van der Waals surface area contributed by atoms with Crippen molar-refractivity contribution < 1.29 is 0 Å². The van der Waals surface area contributed by atoms with Crippen molar-refractivity contribution in [3.8, 4) is 22.3 Å². The third-order valence-corrected chi connectivity index (χ3v) is 14.5. The molecule has 0 aliphatic rings. The lowest BCUT2D eigenvalue weighted by Crippen LogP contribution is -1.98. The highest BCUT2D eigenvalue weighted by atomic mass is 15.0. The molecule has 0 N–H and O–H groups in total. The van der Waals surface area contributed by atoms with E-state index in [1.54, 1.807) is 0 Å². The average molecular weight is 940 g/mol. The van der Waals surface area contributed by atoms with E-state index in [2.05, 4.69) is 278 Å². The monoisotopic (exact) mass is 939 g/mol. The molecule has 11 aromatic rings. The molecule has 0 atom stereocenters. The Labute approximate surface area is 432 Å². The second kappa shape index (κ2) is 22.3. The van der Waals surface area contributed by atoms with Gasteiger partial charge in [0.25, 0.3) is 0 Å². The lowest BCUT2D eigenvalue weighted by molar-refractivity contribution is 0.571. The van der Waals surface area contributed by atoms with Crippen molar-refractivity contribution in [2.75, 3.05) is 0 Å². The molecule has 0 aliphatic carbocycles. The predicted molar refractivity (Wildman–Crippen MR) is 312 cm³/mol. The molecule has 0 unspecified atom stereocenters. The Morgan fingerprint density at radius 1 is 0.260 bits per heavy atom. The molecular weight excluding hydrogens is 879 g/mol. The third-order valence-electron chi connectivity index (χ3n) is 14.5. The standard InChI is InChI=1S/C72H61N/c1-2-3-4-5-6-25-50-73-67-48-46-63(53-38-42-61(43-39-53)71(59-34-21-11-22-35-59)69(55-26-13-7-14-27-55)56-28-15-8-16-29-56)51-65(67)66-52-64(47-49-68(66)73)54-40-44-62(45-41-54)72(60-36-23-12-24-37-60)70(57-30-17-9-18-31-57)58-32-19-10-20-33-58/h7-24,26-49,51-52H,2-6,25,50H2,1H3. The number of aryl methyl sites for hydroxylation is 1. The van der Waals surface area contributed by atoms with Gasteiger partial charge in [0.15, 0.2) is 0 Å². The molecule has 1 heterocycles.